The Hall–Kier alpha value is -4.38. The highest BCUT2D eigenvalue weighted by molar-refractivity contribution is 7.89. The summed E-state index contributed by atoms with van der Waals surface area (Å²) < 4.78 is 22.8. The lowest BCUT2D eigenvalue weighted by Crippen LogP contribution is -2.44. The van der Waals surface area contributed by atoms with Crippen LogP contribution in [0.1, 0.15) is 27.0 Å². The third-order valence-electron chi connectivity index (χ3n) is 5.49. The highest BCUT2D eigenvalue weighted by atomic mass is 32.2. The molecule has 0 atom stereocenters. The highest BCUT2D eigenvalue weighted by Crippen LogP contribution is 2.16. The number of carboxylic acids is 4. The van der Waals surface area contributed by atoms with Gasteiger partial charge in [0.2, 0.25) is 10.0 Å². The van der Waals surface area contributed by atoms with E-state index in [0.29, 0.717) is 12.0 Å². The zero-order valence-corrected chi connectivity index (χ0v) is 22.4. The van der Waals surface area contributed by atoms with Gasteiger partial charge >= 0.3 is 0 Å². The van der Waals surface area contributed by atoms with Gasteiger partial charge in [0.15, 0.2) is 0 Å². The number of benzene rings is 2. The summed E-state index contributed by atoms with van der Waals surface area (Å²) in [6, 6.07) is 9.84. The van der Waals surface area contributed by atoms with Gasteiger partial charge in [-0.1, -0.05) is 18.2 Å². The van der Waals surface area contributed by atoms with Gasteiger partial charge in [-0.05, 0) is 47.4 Å². The molecule has 0 aliphatic carbocycles. The summed E-state index contributed by atoms with van der Waals surface area (Å²) in [6.45, 7) is -3.55. The summed E-state index contributed by atoms with van der Waals surface area (Å²) in [6.07, 6.45) is 0.305. The first-order chi connectivity index (χ1) is 19.1. The Morgan fingerprint density at radius 3 is 1.46 bits per heavy atom. The second-order valence-electron chi connectivity index (χ2n) is 9.01. The molecule has 15 nitrogen and oxygen atoms in total. The van der Waals surface area contributed by atoms with Crippen molar-refractivity contribution in [2.24, 2.45) is 5.14 Å². The first-order valence-corrected chi connectivity index (χ1v) is 13.4. The third-order valence-corrected chi connectivity index (χ3v) is 6.42. The summed E-state index contributed by atoms with van der Waals surface area (Å²) in [4.78, 5) is 59.1. The Bertz CT molecular complexity index is 1310. The molecule has 0 fully saturated rings. The SMILES string of the molecule is NS(=O)(=O)c1ccc(CCNC(=O)c2cc(CN(CC(=O)[O-])CC(=O)[O-])cc(CN(CC(=O)[O-])CC(=O)[O-])c2)cc1. The molecule has 2 aromatic rings. The summed E-state index contributed by atoms with van der Waals surface area (Å²) in [7, 11) is -3.86. The predicted octanol–water partition coefficient (Wildman–Crippen LogP) is -6.09. The van der Waals surface area contributed by atoms with Gasteiger partial charge in [0.05, 0.1) is 28.8 Å². The molecular formula is C25H26N4O11S-4. The van der Waals surface area contributed by atoms with Gasteiger partial charge in [-0.3, -0.25) is 14.6 Å². The topological polar surface area (TPSA) is 256 Å². The van der Waals surface area contributed by atoms with Crippen molar-refractivity contribution in [3.63, 3.8) is 0 Å². The minimum absolute atomic E-state index is 0.0331. The van der Waals surface area contributed by atoms with Crippen LogP contribution in [0.15, 0.2) is 47.4 Å². The Kier molecular flexibility index (Phi) is 11.9. The Morgan fingerprint density at radius 2 is 1.10 bits per heavy atom. The maximum absolute atomic E-state index is 13.0. The Balaban J connectivity index is 2.29. The number of amides is 1. The van der Waals surface area contributed by atoms with Crippen molar-refractivity contribution in [1.29, 1.82) is 0 Å². The van der Waals surface area contributed by atoms with Gasteiger partial charge in [-0.25, -0.2) is 13.6 Å². The number of nitrogens with zero attached hydrogens (tertiary/aromatic N) is 2. The maximum atomic E-state index is 13.0. The number of carbonyl (C=O) groups excluding carboxylic acids is 5. The zero-order valence-electron chi connectivity index (χ0n) is 21.6. The molecule has 1 amide bonds. The average Bonchev–Trinajstić information content (AvgIpc) is 2.82. The van der Waals surface area contributed by atoms with Crippen LogP contribution in [0, 0.1) is 0 Å². The molecule has 41 heavy (non-hydrogen) atoms. The third kappa shape index (κ3) is 12.1. The molecular weight excluding hydrogens is 564 g/mol. The fraction of sp³-hybridized carbons (Fsp3) is 0.320. The molecule has 0 aliphatic heterocycles. The van der Waals surface area contributed by atoms with E-state index in [-0.39, 0.29) is 41.2 Å². The monoisotopic (exact) mass is 590 g/mol. The second kappa shape index (κ2) is 14.8. The molecule has 0 radical (unpaired) electrons. The summed E-state index contributed by atoms with van der Waals surface area (Å²) >= 11 is 0. The lowest BCUT2D eigenvalue weighted by atomic mass is 10.0. The number of carboxylic acid groups (broad SMARTS) is 4. The molecule has 222 valence electrons. The van der Waals surface area contributed by atoms with Crippen LogP contribution < -0.4 is 30.9 Å². The number of carbonyl (C=O) groups is 5. The number of sulfonamides is 1. The van der Waals surface area contributed by atoms with Gasteiger partial charge in [0, 0.05) is 51.4 Å². The van der Waals surface area contributed by atoms with E-state index in [9.17, 15) is 52.8 Å². The van der Waals surface area contributed by atoms with E-state index in [1.165, 1.54) is 42.5 Å². The molecule has 2 rings (SSSR count). The van der Waals surface area contributed by atoms with Crippen LogP contribution in [0.4, 0.5) is 0 Å². The number of aliphatic carboxylic acids is 4. The van der Waals surface area contributed by atoms with Crippen LogP contribution in [0.5, 0.6) is 0 Å². The van der Waals surface area contributed by atoms with Crippen LogP contribution >= 0.6 is 0 Å². The first-order valence-electron chi connectivity index (χ1n) is 11.9. The number of nitrogens with two attached hydrogens (primary N) is 1. The average molecular weight is 591 g/mol. The fourth-order valence-corrected chi connectivity index (χ4v) is 4.44. The van der Waals surface area contributed by atoms with Gasteiger partial charge < -0.3 is 44.9 Å². The molecule has 0 saturated carbocycles. The van der Waals surface area contributed by atoms with Gasteiger partial charge in [-0.2, -0.15) is 0 Å². The maximum Gasteiger partial charge on any atom is 0.251 e. The van der Waals surface area contributed by atoms with Crippen molar-refractivity contribution in [3.8, 4) is 0 Å². The van der Waals surface area contributed by atoms with E-state index in [1.807, 2.05) is 0 Å². The first kappa shape index (κ1) is 32.8. The Labute approximate surface area is 234 Å². The number of primary sulfonamides is 1. The van der Waals surface area contributed by atoms with E-state index in [0.717, 1.165) is 9.80 Å². The number of hydrogen-bond acceptors (Lipinski definition) is 13. The predicted molar refractivity (Wildman–Crippen MR) is 131 cm³/mol. The van der Waals surface area contributed by atoms with Crippen molar-refractivity contribution < 1.29 is 52.8 Å². The highest BCUT2D eigenvalue weighted by Gasteiger charge is 2.15. The zero-order chi connectivity index (χ0) is 30.7. The smallest absolute Gasteiger partial charge is 0.251 e. The number of rotatable bonds is 17. The molecule has 3 N–H and O–H groups in total. The van der Waals surface area contributed by atoms with Crippen molar-refractivity contribution in [2.75, 3.05) is 32.7 Å². The summed E-state index contributed by atoms with van der Waals surface area (Å²) in [5.74, 6) is -6.86. The Morgan fingerprint density at radius 1 is 0.683 bits per heavy atom. The molecule has 0 aromatic heterocycles. The quantitative estimate of drug-likeness (QED) is 0.174. The number of hydrogen-bond donors (Lipinski definition) is 2. The van der Waals surface area contributed by atoms with E-state index >= 15 is 0 Å². The second-order valence-corrected chi connectivity index (χ2v) is 10.6. The van der Waals surface area contributed by atoms with Crippen LogP contribution in [-0.2, 0) is 48.7 Å². The van der Waals surface area contributed by atoms with Crippen molar-refractivity contribution in [3.05, 3.63) is 64.7 Å². The summed E-state index contributed by atoms with van der Waals surface area (Å²) in [5.41, 5.74) is 1.24. The van der Waals surface area contributed by atoms with Crippen LogP contribution in [0.2, 0.25) is 0 Å². The largest absolute Gasteiger partial charge is 0.549 e. The molecule has 0 aliphatic rings. The minimum Gasteiger partial charge on any atom is -0.549 e. The van der Waals surface area contributed by atoms with Gasteiger partial charge in [-0.15, -0.1) is 0 Å². The van der Waals surface area contributed by atoms with Crippen molar-refractivity contribution in [2.45, 2.75) is 24.4 Å². The van der Waals surface area contributed by atoms with E-state index in [2.05, 4.69) is 5.32 Å². The minimum atomic E-state index is -3.86. The molecule has 2 aromatic carbocycles. The molecule has 0 unspecified atom stereocenters. The van der Waals surface area contributed by atoms with E-state index < -0.39 is 66.0 Å². The lowest BCUT2D eigenvalue weighted by Gasteiger charge is -2.25. The molecule has 0 bridgehead atoms. The molecule has 0 spiro atoms. The van der Waals surface area contributed by atoms with Crippen LogP contribution in [-0.4, -0.2) is 80.7 Å². The van der Waals surface area contributed by atoms with Crippen LogP contribution in [0.3, 0.4) is 0 Å². The molecule has 16 heteroatoms. The normalized spacial score (nSPS) is 11.4. The standard InChI is InChI=1S/C25H30N4O11S/c26-41(39,40)20-3-1-16(2-4-20)5-6-27-25(38)19-8-17(10-28(12-21(30)31)13-22(32)33)7-18(9-19)11-29(14-23(34)35)15-24(36)37/h1-4,7-9H,5-6,10-15H2,(H,27,38)(H,30,31)(H,32,33)(H,34,35)(H,36,37)(H2,26,39,40)/p-4. The summed E-state index contributed by atoms with van der Waals surface area (Å²) in [5, 5.41) is 52.1. The van der Waals surface area contributed by atoms with Crippen LogP contribution in [0.25, 0.3) is 0 Å². The van der Waals surface area contributed by atoms with Crippen molar-refractivity contribution in [1.82, 2.24) is 15.1 Å². The molecule has 0 heterocycles. The molecule has 0 saturated heterocycles. The van der Waals surface area contributed by atoms with Gasteiger partial charge in [0.1, 0.15) is 0 Å². The lowest BCUT2D eigenvalue weighted by molar-refractivity contribution is -0.313. The fourth-order valence-electron chi connectivity index (χ4n) is 3.93. The van der Waals surface area contributed by atoms with E-state index in [1.54, 1.807) is 0 Å². The number of nitrogens with one attached hydrogen (secondary N) is 1. The van der Waals surface area contributed by atoms with Crippen molar-refractivity contribution >= 4 is 39.8 Å². The van der Waals surface area contributed by atoms with E-state index in [4.69, 9.17) is 5.14 Å². The van der Waals surface area contributed by atoms with Gasteiger partial charge in [0.25, 0.3) is 5.91 Å².